The van der Waals surface area contributed by atoms with Crippen LogP contribution >= 0.6 is 11.6 Å². The first kappa shape index (κ1) is 11.9. The maximum atomic E-state index is 11.5. The Kier molecular flexibility index (Phi) is 3.97. The number of alkyl halides is 1. The van der Waals surface area contributed by atoms with E-state index in [4.69, 9.17) is 16.3 Å². The van der Waals surface area contributed by atoms with Crippen molar-refractivity contribution in [2.24, 2.45) is 0 Å². The molecule has 0 spiro atoms. The number of halogens is 1. The number of carbonyl (C=O) groups is 1. The van der Waals surface area contributed by atoms with E-state index in [2.05, 4.69) is 4.74 Å². The summed E-state index contributed by atoms with van der Waals surface area (Å²) in [5.74, 6) is 0.437. The molecular weight excluding hydrogens is 216 g/mol. The Morgan fingerprint density at radius 1 is 1.40 bits per heavy atom. The van der Waals surface area contributed by atoms with Crippen LogP contribution in [0.15, 0.2) is 12.1 Å². The number of rotatable bonds is 3. The predicted molar refractivity (Wildman–Crippen MR) is 58.6 cm³/mol. The maximum Gasteiger partial charge on any atom is 0.338 e. The van der Waals surface area contributed by atoms with Gasteiger partial charge >= 0.3 is 5.97 Å². The van der Waals surface area contributed by atoms with Gasteiger partial charge < -0.3 is 9.47 Å². The van der Waals surface area contributed by atoms with Gasteiger partial charge in [-0.25, -0.2) is 4.79 Å². The third kappa shape index (κ3) is 2.42. The summed E-state index contributed by atoms with van der Waals surface area (Å²) in [7, 11) is 2.89. The molecule has 0 saturated heterocycles. The monoisotopic (exact) mass is 228 g/mol. The van der Waals surface area contributed by atoms with Gasteiger partial charge in [-0.1, -0.05) is 0 Å². The van der Waals surface area contributed by atoms with Crippen LogP contribution in [0.3, 0.4) is 0 Å². The molecule has 0 N–H and O–H groups in total. The number of aryl methyl sites for hydroxylation is 1. The van der Waals surface area contributed by atoms with Gasteiger partial charge in [0.2, 0.25) is 0 Å². The molecule has 4 heteroatoms. The van der Waals surface area contributed by atoms with Crippen LogP contribution in [-0.4, -0.2) is 20.2 Å². The lowest BCUT2D eigenvalue weighted by Gasteiger charge is -2.11. The fraction of sp³-hybridized carbons (Fsp3) is 0.364. The topological polar surface area (TPSA) is 35.5 Å². The van der Waals surface area contributed by atoms with Gasteiger partial charge in [-0.15, -0.1) is 11.6 Å². The van der Waals surface area contributed by atoms with E-state index in [0.717, 1.165) is 5.56 Å². The summed E-state index contributed by atoms with van der Waals surface area (Å²) in [6.07, 6.45) is 0. The largest absolute Gasteiger partial charge is 0.496 e. The summed E-state index contributed by atoms with van der Waals surface area (Å²) in [6, 6.07) is 3.58. The van der Waals surface area contributed by atoms with Crippen LogP contribution in [0, 0.1) is 6.92 Å². The fourth-order valence-corrected chi connectivity index (χ4v) is 1.67. The molecule has 0 radical (unpaired) electrons. The van der Waals surface area contributed by atoms with Gasteiger partial charge in [-0.3, -0.25) is 0 Å². The highest BCUT2D eigenvalue weighted by molar-refractivity contribution is 6.18. The van der Waals surface area contributed by atoms with Gasteiger partial charge in [-0.05, 0) is 24.6 Å². The minimum absolute atomic E-state index is 0.216. The van der Waals surface area contributed by atoms with Crippen molar-refractivity contribution in [1.29, 1.82) is 0 Å². The zero-order chi connectivity index (χ0) is 11.4. The molecule has 1 aromatic rings. The summed E-state index contributed by atoms with van der Waals surface area (Å²) in [5.41, 5.74) is 2.06. The SMILES string of the molecule is COC(=O)c1cc(C)cc(OC)c1CCl. The summed E-state index contributed by atoms with van der Waals surface area (Å²) in [6.45, 7) is 1.88. The van der Waals surface area contributed by atoms with E-state index in [1.165, 1.54) is 7.11 Å². The van der Waals surface area contributed by atoms with E-state index in [-0.39, 0.29) is 5.88 Å². The molecule has 1 aromatic carbocycles. The van der Waals surface area contributed by atoms with E-state index in [0.29, 0.717) is 16.9 Å². The Morgan fingerprint density at radius 2 is 2.07 bits per heavy atom. The molecule has 0 aliphatic carbocycles. The molecule has 0 saturated carbocycles. The molecule has 0 aliphatic rings. The lowest BCUT2D eigenvalue weighted by atomic mass is 10.0. The van der Waals surface area contributed by atoms with Gasteiger partial charge in [0, 0.05) is 5.56 Å². The van der Waals surface area contributed by atoms with Gasteiger partial charge in [0.05, 0.1) is 25.7 Å². The van der Waals surface area contributed by atoms with Crippen LogP contribution in [0.5, 0.6) is 5.75 Å². The molecule has 0 aromatic heterocycles. The van der Waals surface area contributed by atoms with Crippen LogP contribution in [0.2, 0.25) is 0 Å². The summed E-state index contributed by atoms with van der Waals surface area (Å²) in [5, 5.41) is 0. The lowest BCUT2D eigenvalue weighted by molar-refractivity contribution is 0.0599. The minimum Gasteiger partial charge on any atom is -0.496 e. The number of benzene rings is 1. The summed E-state index contributed by atoms with van der Waals surface area (Å²) >= 11 is 5.78. The highest BCUT2D eigenvalue weighted by Gasteiger charge is 2.16. The third-order valence-electron chi connectivity index (χ3n) is 2.11. The first-order valence-electron chi connectivity index (χ1n) is 4.45. The number of hydrogen-bond donors (Lipinski definition) is 0. The highest BCUT2D eigenvalue weighted by atomic mass is 35.5. The number of carbonyl (C=O) groups excluding carboxylic acids is 1. The van der Waals surface area contributed by atoms with Crippen molar-refractivity contribution in [1.82, 2.24) is 0 Å². The van der Waals surface area contributed by atoms with Crippen LogP contribution < -0.4 is 4.74 Å². The second-order valence-corrected chi connectivity index (χ2v) is 3.39. The first-order chi connectivity index (χ1) is 7.13. The van der Waals surface area contributed by atoms with Crippen molar-refractivity contribution in [2.45, 2.75) is 12.8 Å². The van der Waals surface area contributed by atoms with Gasteiger partial charge in [0.25, 0.3) is 0 Å². The van der Waals surface area contributed by atoms with E-state index >= 15 is 0 Å². The zero-order valence-electron chi connectivity index (χ0n) is 8.96. The van der Waals surface area contributed by atoms with Crippen molar-refractivity contribution in [3.8, 4) is 5.75 Å². The Balaban J connectivity index is 3.35. The second kappa shape index (κ2) is 5.03. The molecule has 0 unspecified atom stereocenters. The van der Waals surface area contributed by atoms with E-state index in [1.54, 1.807) is 13.2 Å². The number of methoxy groups -OCH3 is 2. The Labute approximate surface area is 93.9 Å². The smallest absolute Gasteiger partial charge is 0.338 e. The average Bonchev–Trinajstić information content (AvgIpc) is 2.26. The minimum atomic E-state index is -0.396. The molecule has 0 heterocycles. The van der Waals surface area contributed by atoms with Crippen LogP contribution in [-0.2, 0) is 10.6 Å². The van der Waals surface area contributed by atoms with Crippen LogP contribution in [0.1, 0.15) is 21.5 Å². The molecule has 3 nitrogen and oxygen atoms in total. The molecule has 82 valence electrons. The van der Waals surface area contributed by atoms with Gasteiger partial charge in [0.1, 0.15) is 5.75 Å². The van der Waals surface area contributed by atoms with E-state index in [1.807, 2.05) is 13.0 Å². The van der Waals surface area contributed by atoms with Crippen LogP contribution in [0.4, 0.5) is 0 Å². The summed E-state index contributed by atoms with van der Waals surface area (Å²) in [4.78, 5) is 11.5. The summed E-state index contributed by atoms with van der Waals surface area (Å²) < 4.78 is 9.84. The van der Waals surface area contributed by atoms with Crippen molar-refractivity contribution in [3.05, 3.63) is 28.8 Å². The van der Waals surface area contributed by atoms with Crippen molar-refractivity contribution in [2.75, 3.05) is 14.2 Å². The molecule has 0 bridgehead atoms. The first-order valence-corrected chi connectivity index (χ1v) is 4.99. The molecule has 0 aliphatic heterocycles. The van der Waals surface area contributed by atoms with E-state index < -0.39 is 5.97 Å². The van der Waals surface area contributed by atoms with Gasteiger partial charge in [0.15, 0.2) is 0 Å². The molecular formula is C11H13ClO3. The quantitative estimate of drug-likeness (QED) is 0.589. The van der Waals surface area contributed by atoms with Crippen molar-refractivity contribution >= 4 is 17.6 Å². The second-order valence-electron chi connectivity index (χ2n) is 3.12. The molecule has 1 rings (SSSR count). The predicted octanol–water partition coefficient (Wildman–Crippen LogP) is 2.53. The maximum absolute atomic E-state index is 11.5. The average molecular weight is 229 g/mol. The Morgan fingerprint density at radius 3 is 2.53 bits per heavy atom. The van der Waals surface area contributed by atoms with E-state index in [9.17, 15) is 4.79 Å². The van der Waals surface area contributed by atoms with Crippen molar-refractivity contribution in [3.63, 3.8) is 0 Å². The van der Waals surface area contributed by atoms with Crippen LogP contribution in [0.25, 0.3) is 0 Å². The normalized spacial score (nSPS) is 9.87. The highest BCUT2D eigenvalue weighted by Crippen LogP contribution is 2.26. The van der Waals surface area contributed by atoms with Crippen molar-refractivity contribution < 1.29 is 14.3 Å². The standard InChI is InChI=1S/C11H13ClO3/c1-7-4-8(11(13)15-3)9(6-12)10(5-7)14-2/h4-5H,6H2,1-3H3. The fourth-order valence-electron chi connectivity index (χ4n) is 1.40. The lowest BCUT2D eigenvalue weighted by Crippen LogP contribution is -2.07. The number of ether oxygens (including phenoxy) is 2. The van der Waals surface area contributed by atoms with Gasteiger partial charge in [-0.2, -0.15) is 0 Å². The molecule has 0 fully saturated rings. The molecule has 0 amide bonds. The molecule has 0 atom stereocenters. The number of esters is 1. The Hall–Kier alpha value is -1.22. The zero-order valence-corrected chi connectivity index (χ0v) is 9.72. The molecule has 15 heavy (non-hydrogen) atoms. The number of hydrogen-bond acceptors (Lipinski definition) is 3. The third-order valence-corrected chi connectivity index (χ3v) is 2.38. The Bertz CT molecular complexity index is 374.